The molecule has 1 aliphatic carbocycles. The quantitative estimate of drug-likeness (QED) is 0.284. The Morgan fingerprint density at radius 1 is 0.970 bits per heavy atom. The van der Waals surface area contributed by atoms with E-state index in [1.54, 1.807) is 0 Å². The largest absolute Gasteiger partial charge is 0.426 e. The molecule has 4 heteroatoms. The van der Waals surface area contributed by atoms with Crippen LogP contribution >= 0.6 is 0 Å². The fourth-order valence-electron chi connectivity index (χ4n) is 4.98. The molecule has 1 aromatic heterocycles. The van der Waals surface area contributed by atoms with Gasteiger partial charge in [0.2, 0.25) is 0 Å². The highest BCUT2D eigenvalue weighted by molar-refractivity contribution is 5.70. The normalized spacial score (nSPS) is 15.3. The number of ether oxygens (including phenoxy) is 1. The van der Waals surface area contributed by atoms with Crippen molar-refractivity contribution in [2.45, 2.75) is 38.6 Å². The van der Waals surface area contributed by atoms with Gasteiger partial charge in [0, 0.05) is 19.7 Å². The molecule has 4 aromatic rings. The Kier molecular flexibility index (Phi) is 6.07. The van der Waals surface area contributed by atoms with Gasteiger partial charge >= 0.3 is 5.97 Å². The third-order valence-electron chi connectivity index (χ3n) is 6.46. The Bertz CT molecular complexity index is 1190. The highest BCUT2D eigenvalue weighted by Gasteiger charge is 2.24. The maximum atomic E-state index is 11.4. The minimum absolute atomic E-state index is 0.118. The molecule has 1 aliphatic rings. The van der Waals surface area contributed by atoms with Crippen LogP contribution in [0, 0.1) is 5.92 Å². The van der Waals surface area contributed by atoms with Crippen molar-refractivity contribution in [2.75, 3.05) is 0 Å². The molecule has 0 spiro atoms. The Morgan fingerprint density at radius 2 is 1.67 bits per heavy atom. The van der Waals surface area contributed by atoms with Crippen molar-refractivity contribution < 1.29 is 9.53 Å². The van der Waals surface area contributed by atoms with Crippen LogP contribution in [-0.4, -0.2) is 15.7 Å². The third-order valence-corrected chi connectivity index (χ3v) is 6.46. The number of hydrogen-bond acceptors (Lipinski definition) is 3. The molecular weight excluding hydrogens is 408 g/mol. The summed E-state index contributed by atoms with van der Waals surface area (Å²) in [5.41, 5.74) is 6.03. The zero-order chi connectivity index (χ0) is 22.6. The summed E-state index contributed by atoms with van der Waals surface area (Å²) in [5.74, 6) is 1.08. The molecule has 1 unspecified atom stereocenters. The summed E-state index contributed by atoms with van der Waals surface area (Å²) in [6, 6.07) is 29.4. The summed E-state index contributed by atoms with van der Waals surface area (Å²) >= 11 is 0. The van der Waals surface area contributed by atoms with Gasteiger partial charge in [0.1, 0.15) is 5.75 Å². The number of aromatic nitrogens is 2. The standard InChI is InChI=1S/C29H28N2O2/c1-21(32)33-28-14-8-13-25-19-22(15-16-26(25)28)20-31-18-17-27(30-31)29(23-9-4-2-5-10-23)24-11-6-3-7-12-24/h2-14,17-18,22,29H,15-16,19-20H2,1H3. The topological polar surface area (TPSA) is 44.1 Å². The zero-order valence-corrected chi connectivity index (χ0v) is 18.9. The number of esters is 1. The van der Waals surface area contributed by atoms with Gasteiger partial charge in [-0.15, -0.1) is 0 Å². The smallest absolute Gasteiger partial charge is 0.308 e. The summed E-state index contributed by atoms with van der Waals surface area (Å²) in [5, 5.41) is 5.02. The molecule has 0 bridgehead atoms. The number of carbonyl (C=O) groups is 1. The van der Waals surface area contributed by atoms with E-state index < -0.39 is 0 Å². The van der Waals surface area contributed by atoms with Crippen LogP contribution in [0.4, 0.5) is 0 Å². The van der Waals surface area contributed by atoms with E-state index in [0.29, 0.717) is 11.7 Å². The van der Waals surface area contributed by atoms with Crippen LogP contribution in [0.15, 0.2) is 91.1 Å². The number of nitrogens with zero attached hydrogens (tertiary/aromatic N) is 2. The number of benzene rings is 3. The van der Waals surface area contributed by atoms with Crippen LogP contribution in [0.25, 0.3) is 0 Å². The fourth-order valence-corrected chi connectivity index (χ4v) is 4.98. The van der Waals surface area contributed by atoms with Gasteiger partial charge in [0.15, 0.2) is 0 Å². The summed E-state index contributed by atoms with van der Waals surface area (Å²) < 4.78 is 7.52. The van der Waals surface area contributed by atoms with Gasteiger partial charge in [-0.25, -0.2) is 0 Å². The summed E-state index contributed by atoms with van der Waals surface area (Å²) in [4.78, 5) is 11.4. The molecule has 33 heavy (non-hydrogen) atoms. The summed E-state index contributed by atoms with van der Waals surface area (Å²) in [6.45, 7) is 2.34. The first-order valence-electron chi connectivity index (χ1n) is 11.6. The van der Waals surface area contributed by atoms with E-state index in [-0.39, 0.29) is 11.9 Å². The number of hydrogen-bond donors (Lipinski definition) is 0. The van der Waals surface area contributed by atoms with E-state index in [1.807, 2.05) is 12.1 Å². The highest BCUT2D eigenvalue weighted by Crippen LogP contribution is 2.34. The van der Waals surface area contributed by atoms with Gasteiger partial charge in [-0.1, -0.05) is 72.8 Å². The van der Waals surface area contributed by atoms with Gasteiger partial charge in [0.25, 0.3) is 0 Å². The van der Waals surface area contributed by atoms with Gasteiger partial charge in [-0.05, 0) is 59.6 Å². The third kappa shape index (κ3) is 4.75. The molecule has 5 rings (SSSR count). The lowest BCUT2D eigenvalue weighted by atomic mass is 9.83. The van der Waals surface area contributed by atoms with Crippen LogP contribution in [0.5, 0.6) is 5.75 Å². The minimum Gasteiger partial charge on any atom is -0.426 e. The molecule has 0 aliphatic heterocycles. The van der Waals surface area contributed by atoms with Crippen molar-refractivity contribution in [1.82, 2.24) is 9.78 Å². The molecule has 1 atom stereocenters. The van der Waals surface area contributed by atoms with E-state index in [0.717, 1.165) is 31.5 Å². The highest BCUT2D eigenvalue weighted by atomic mass is 16.5. The van der Waals surface area contributed by atoms with Crippen LogP contribution < -0.4 is 4.74 Å². The van der Waals surface area contributed by atoms with Crippen molar-refractivity contribution in [1.29, 1.82) is 0 Å². The van der Waals surface area contributed by atoms with Crippen molar-refractivity contribution in [3.05, 3.63) is 119 Å². The van der Waals surface area contributed by atoms with Crippen LogP contribution in [-0.2, 0) is 24.2 Å². The molecule has 1 heterocycles. The van der Waals surface area contributed by atoms with E-state index in [4.69, 9.17) is 9.84 Å². The Morgan fingerprint density at radius 3 is 2.33 bits per heavy atom. The molecule has 0 N–H and O–H groups in total. The van der Waals surface area contributed by atoms with Crippen LogP contribution in [0.1, 0.15) is 47.2 Å². The molecular formula is C29H28N2O2. The van der Waals surface area contributed by atoms with Crippen molar-refractivity contribution >= 4 is 5.97 Å². The Hall–Kier alpha value is -3.66. The predicted octanol–water partition coefficient (Wildman–Crippen LogP) is 5.79. The lowest BCUT2D eigenvalue weighted by Crippen LogP contribution is -2.21. The van der Waals surface area contributed by atoms with Gasteiger partial charge in [-0.2, -0.15) is 5.10 Å². The fraction of sp³-hybridized carbons (Fsp3) is 0.241. The Labute approximate surface area is 194 Å². The van der Waals surface area contributed by atoms with E-state index in [9.17, 15) is 4.79 Å². The van der Waals surface area contributed by atoms with Crippen LogP contribution in [0.3, 0.4) is 0 Å². The number of carbonyl (C=O) groups excluding carboxylic acids is 1. The van der Waals surface area contributed by atoms with Gasteiger partial charge < -0.3 is 4.74 Å². The summed E-state index contributed by atoms with van der Waals surface area (Å²) in [6.07, 6.45) is 5.06. The first kappa shape index (κ1) is 21.2. The van der Waals surface area contributed by atoms with E-state index in [2.05, 4.69) is 83.7 Å². The maximum Gasteiger partial charge on any atom is 0.308 e. The van der Waals surface area contributed by atoms with E-state index in [1.165, 1.54) is 29.2 Å². The zero-order valence-electron chi connectivity index (χ0n) is 18.9. The second kappa shape index (κ2) is 9.45. The summed E-state index contributed by atoms with van der Waals surface area (Å²) in [7, 11) is 0. The average Bonchev–Trinajstić information content (AvgIpc) is 3.28. The van der Waals surface area contributed by atoms with Crippen molar-refractivity contribution in [3.8, 4) is 5.75 Å². The lowest BCUT2D eigenvalue weighted by Gasteiger charge is -2.26. The monoisotopic (exact) mass is 436 g/mol. The molecule has 0 radical (unpaired) electrons. The molecule has 0 saturated carbocycles. The molecule has 166 valence electrons. The second-order valence-electron chi connectivity index (χ2n) is 8.81. The molecule has 0 saturated heterocycles. The maximum absolute atomic E-state index is 11.4. The van der Waals surface area contributed by atoms with Gasteiger partial charge in [0.05, 0.1) is 11.6 Å². The molecule has 3 aromatic carbocycles. The number of rotatable bonds is 6. The second-order valence-corrected chi connectivity index (χ2v) is 8.81. The predicted molar refractivity (Wildman–Crippen MR) is 129 cm³/mol. The van der Waals surface area contributed by atoms with Crippen molar-refractivity contribution in [3.63, 3.8) is 0 Å². The van der Waals surface area contributed by atoms with E-state index >= 15 is 0 Å². The molecule has 0 fully saturated rings. The number of fused-ring (bicyclic) bond motifs is 1. The SMILES string of the molecule is CC(=O)Oc1cccc2c1CCC(Cn1ccc(C(c3ccccc3)c3ccccc3)n1)C2. The first-order valence-corrected chi connectivity index (χ1v) is 11.6. The first-order chi connectivity index (χ1) is 16.2. The van der Waals surface area contributed by atoms with Crippen LogP contribution in [0.2, 0.25) is 0 Å². The molecule has 0 amide bonds. The van der Waals surface area contributed by atoms with Crippen molar-refractivity contribution in [2.24, 2.45) is 5.92 Å². The Balaban J connectivity index is 1.35. The lowest BCUT2D eigenvalue weighted by molar-refractivity contribution is -0.131. The minimum atomic E-state index is -0.263. The molecule has 4 nitrogen and oxygen atoms in total. The van der Waals surface area contributed by atoms with Gasteiger partial charge in [-0.3, -0.25) is 9.48 Å². The average molecular weight is 437 g/mol.